The van der Waals surface area contributed by atoms with Crippen LogP contribution in [0.4, 0.5) is 10.5 Å². The van der Waals surface area contributed by atoms with Gasteiger partial charge in [0.05, 0.1) is 11.5 Å². The molecule has 0 heterocycles. The number of hydrogen-bond donors (Lipinski definition) is 2. The van der Waals surface area contributed by atoms with Gasteiger partial charge in [0.25, 0.3) is 10.0 Å². The zero-order valence-corrected chi connectivity index (χ0v) is 14.2. The molecule has 0 bridgehead atoms. The standard InChI is InChI=1S/C17H20N2O4S/c1-2-23-17(20)18-13-12-14-8-10-15(11-9-14)19-24(21,22)16-6-4-3-5-7-16/h3-11,19H,2,12-13H2,1H3,(H,18,20). The summed E-state index contributed by atoms with van der Waals surface area (Å²) in [5, 5.41) is 2.63. The first-order chi connectivity index (χ1) is 11.5. The van der Waals surface area contributed by atoms with Gasteiger partial charge in [0.2, 0.25) is 0 Å². The Hall–Kier alpha value is -2.54. The van der Waals surface area contributed by atoms with Crippen molar-refractivity contribution in [2.24, 2.45) is 0 Å². The molecule has 2 aromatic carbocycles. The Morgan fingerprint density at radius 1 is 1.04 bits per heavy atom. The zero-order valence-electron chi connectivity index (χ0n) is 13.4. The van der Waals surface area contributed by atoms with Crippen LogP contribution < -0.4 is 10.0 Å². The minimum Gasteiger partial charge on any atom is -0.450 e. The number of ether oxygens (including phenoxy) is 1. The van der Waals surface area contributed by atoms with E-state index in [1.807, 2.05) is 12.1 Å². The molecule has 0 saturated heterocycles. The van der Waals surface area contributed by atoms with E-state index in [2.05, 4.69) is 10.0 Å². The van der Waals surface area contributed by atoms with Gasteiger partial charge in [-0.15, -0.1) is 0 Å². The van der Waals surface area contributed by atoms with Gasteiger partial charge in [-0.1, -0.05) is 30.3 Å². The molecule has 1 amide bonds. The third-order valence-electron chi connectivity index (χ3n) is 3.22. The van der Waals surface area contributed by atoms with Crippen LogP contribution in [-0.2, 0) is 21.2 Å². The number of alkyl carbamates (subject to hydrolysis) is 1. The van der Waals surface area contributed by atoms with Crippen molar-refractivity contribution < 1.29 is 17.9 Å². The quantitative estimate of drug-likeness (QED) is 0.806. The summed E-state index contributed by atoms with van der Waals surface area (Å²) in [5.41, 5.74) is 1.47. The Bertz CT molecular complexity index is 759. The molecule has 0 fully saturated rings. The molecule has 128 valence electrons. The fourth-order valence-electron chi connectivity index (χ4n) is 2.04. The average molecular weight is 348 g/mol. The van der Waals surface area contributed by atoms with Gasteiger partial charge in [-0.2, -0.15) is 0 Å². The highest BCUT2D eigenvalue weighted by Crippen LogP contribution is 2.16. The third-order valence-corrected chi connectivity index (χ3v) is 4.62. The number of carbonyl (C=O) groups is 1. The Morgan fingerprint density at radius 3 is 2.33 bits per heavy atom. The molecule has 6 nitrogen and oxygen atoms in total. The van der Waals surface area contributed by atoms with Crippen molar-refractivity contribution in [2.45, 2.75) is 18.2 Å². The maximum absolute atomic E-state index is 12.2. The predicted octanol–water partition coefficient (Wildman–Crippen LogP) is 2.78. The molecule has 7 heteroatoms. The van der Waals surface area contributed by atoms with Crippen molar-refractivity contribution >= 4 is 21.8 Å². The maximum Gasteiger partial charge on any atom is 0.407 e. The zero-order chi connectivity index (χ0) is 17.4. The maximum atomic E-state index is 12.2. The molecule has 0 aliphatic carbocycles. The summed E-state index contributed by atoms with van der Waals surface area (Å²) in [6.45, 7) is 2.53. The molecule has 0 aromatic heterocycles. The summed E-state index contributed by atoms with van der Waals surface area (Å²) >= 11 is 0. The van der Waals surface area contributed by atoms with Crippen LogP contribution in [0.25, 0.3) is 0 Å². The Labute approximate surface area is 141 Å². The van der Waals surface area contributed by atoms with Crippen LogP contribution in [-0.4, -0.2) is 27.7 Å². The smallest absolute Gasteiger partial charge is 0.407 e. The number of benzene rings is 2. The average Bonchev–Trinajstić information content (AvgIpc) is 2.57. The van der Waals surface area contributed by atoms with Crippen LogP contribution in [0, 0.1) is 0 Å². The number of carbonyl (C=O) groups excluding carboxylic acids is 1. The fourth-order valence-corrected chi connectivity index (χ4v) is 3.12. The molecule has 24 heavy (non-hydrogen) atoms. The molecule has 0 saturated carbocycles. The van der Waals surface area contributed by atoms with Crippen LogP contribution in [0.15, 0.2) is 59.5 Å². The van der Waals surface area contributed by atoms with Gasteiger partial charge >= 0.3 is 6.09 Å². The number of sulfonamides is 1. The van der Waals surface area contributed by atoms with E-state index in [0.717, 1.165) is 5.56 Å². The van der Waals surface area contributed by atoms with Crippen LogP contribution >= 0.6 is 0 Å². The first-order valence-electron chi connectivity index (χ1n) is 7.58. The van der Waals surface area contributed by atoms with Gasteiger partial charge in [-0.3, -0.25) is 4.72 Å². The van der Waals surface area contributed by atoms with Gasteiger partial charge in [0.1, 0.15) is 0 Å². The molecule has 2 aromatic rings. The van der Waals surface area contributed by atoms with Gasteiger partial charge < -0.3 is 10.1 Å². The molecular weight excluding hydrogens is 328 g/mol. The molecule has 0 spiro atoms. The second-order valence-electron chi connectivity index (χ2n) is 5.01. The van der Waals surface area contributed by atoms with Crippen molar-refractivity contribution in [2.75, 3.05) is 17.9 Å². The Kier molecular flexibility index (Phi) is 6.20. The summed E-state index contributed by atoms with van der Waals surface area (Å²) < 4.78 is 31.7. The van der Waals surface area contributed by atoms with E-state index >= 15 is 0 Å². The number of hydrogen-bond acceptors (Lipinski definition) is 4. The van der Waals surface area contributed by atoms with Crippen LogP contribution in [0.5, 0.6) is 0 Å². The van der Waals surface area contributed by atoms with Gasteiger partial charge in [-0.25, -0.2) is 13.2 Å². The van der Waals surface area contributed by atoms with Crippen molar-refractivity contribution in [1.82, 2.24) is 5.32 Å². The summed E-state index contributed by atoms with van der Waals surface area (Å²) in [4.78, 5) is 11.4. The lowest BCUT2D eigenvalue weighted by molar-refractivity contribution is 0.152. The van der Waals surface area contributed by atoms with E-state index in [1.165, 1.54) is 12.1 Å². The van der Waals surface area contributed by atoms with E-state index in [4.69, 9.17) is 4.74 Å². The lowest BCUT2D eigenvalue weighted by Gasteiger charge is -2.09. The summed E-state index contributed by atoms with van der Waals surface area (Å²) in [6, 6.07) is 15.2. The van der Waals surface area contributed by atoms with E-state index in [-0.39, 0.29) is 4.90 Å². The number of nitrogens with one attached hydrogen (secondary N) is 2. The van der Waals surface area contributed by atoms with Crippen LogP contribution in [0.2, 0.25) is 0 Å². The normalized spacial score (nSPS) is 10.9. The van der Waals surface area contributed by atoms with E-state index < -0.39 is 16.1 Å². The van der Waals surface area contributed by atoms with Crippen molar-refractivity contribution in [1.29, 1.82) is 0 Å². The third kappa shape index (κ3) is 5.27. The summed E-state index contributed by atoms with van der Waals surface area (Å²) in [5.74, 6) is 0. The van der Waals surface area contributed by atoms with Crippen LogP contribution in [0.3, 0.4) is 0 Å². The first-order valence-corrected chi connectivity index (χ1v) is 9.07. The van der Waals surface area contributed by atoms with Crippen molar-refractivity contribution in [3.63, 3.8) is 0 Å². The van der Waals surface area contributed by atoms with Gasteiger partial charge in [-0.05, 0) is 43.2 Å². The SMILES string of the molecule is CCOC(=O)NCCc1ccc(NS(=O)(=O)c2ccccc2)cc1. The minimum atomic E-state index is -3.58. The topological polar surface area (TPSA) is 84.5 Å². The molecule has 0 aliphatic rings. The van der Waals surface area contributed by atoms with E-state index in [9.17, 15) is 13.2 Å². The molecule has 0 aliphatic heterocycles. The first kappa shape index (κ1) is 17.8. The molecule has 0 atom stereocenters. The Balaban J connectivity index is 1.91. The summed E-state index contributed by atoms with van der Waals surface area (Å²) in [6.07, 6.45) is 0.189. The van der Waals surface area contributed by atoms with Gasteiger partial charge in [0, 0.05) is 12.2 Å². The van der Waals surface area contributed by atoms with Crippen LogP contribution in [0.1, 0.15) is 12.5 Å². The molecule has 2 N–H and O–H groups in total. The molecule has 0 radical (unpaired) electrons. The van der Waals surface area contributed by atoms with Gasteiger partial charge in [0.15, 0.2) is 0 Å². The second kappa shape index (κ2) is 8.35. The highest BCUT2D eigenvalue weighted by Gasteiger charge is 2.13. The molecular formula is C17H20N2O4S. The number of anilines is 1. The summed E-state index contributed by atoms with van der Waals surface area (Å²) in [7, 11) is -3.58. The van der Waals surface area contributed by atoms with Crippen molar-refractivity contribution in [3.8, 4) is 0 Å². The van der Waals surface area contributed by atoms with E-state index in [1.54, 1.807) is 37.3 Å². The highest BCUT2D eigenvalue weighted by atomic mass is 32.2. The molecule has 0 unspecified atom stereocenters. The largest absolute Gasteiger partial charge is 0.450 e. The molecule has 2 rings (SSSR count). The number of amides is 1. The Morgan fingerprint density at radius 2 is 1.71 bits per heavy atom. The minimum absolute atomic E-state index is 0.215. The second-order valence-corrected chi connectivity index (χ2v) is 6.70. The van der Waals surface area contributed by atoms with Crippen molar-refractivity contribution in [3.05, 3.63) is 60.2 Å². The number of rotatable bonds is 7. The highest BCUT2D eigenvalue weighted by molar-refractivity contribution is 7.92. The predicted molar refractivity (Wildman–Crippen MR) is 92.4 cm³/mol. The fraction of sp³-hybridized carbons (Fsp3) is 0.235. The lowest BCUT2D eigenvalue weighted by atomic mass is 10.1. The van der Waals surface area contributed by atoms with E-state index in [0.29, 0.717) is 25.3 Å². The lowest BCUT2D eigenvalue weighted by Crippen LogP contribution is -2.26. The monoisotopic (exact) mass is 348 g/mol.